The summed E-state index contributed by atoms with van der Waals surface area (Å²) in [5.41, 5.74) is 0. The molecule has 27 heavy (non-hydrogen) atoms. The third kappa shape index (κ3) is 4.29. The summed E-state index contributed by atoms with van der Waals surface area (Å²) >= 11 is 1.75. The molecule has 0 radical (unpaired) electrons. The third-order valence-corrected chi connectivity index (χ3v) is 7.05. The number of rotatable bonds is 3. The molecule has 0 spiro atoms. The molecule has 3 saturated heterocycles. The van der Waals surface area contributed by atoms with Crippen molar-refractivity contribution in [2.24, 2.45) is 0 Å². The Bertz CT molecular complexity index is 636. The van der Waals surface area contributed by atoms with Crippen molar-refractivity contribution in [3.63, 3.8) is 0 Å². The maximum Gasteiger partial charge on any atom is 0.320 e. The van der Waals surface area contributed by atoms with Crippen molar-refractivity contribution in [1.82, 2.24) is 19.6 Å². The SMILES string of the molecule is O=C(N1CCCCC1)N1CCN(CC(=O)N2CCC[C@H]2c2cccs2)CC1. The van der Waals surface area contributed by atoms with Crippen LogP contribution in [0.25, 0.3) is 0 Å². The number of piperidine rings is 1. The highest BCUT2D eigenvalue weighted by atomic mass is 32.1. The molecule has 0 aromatic carbocycles. The fraction of sp³-hybridized carbons (Fsp3) is 0.700. The highest BCUT2D eigenvalue weighted by Gasteiger charge is 2.32. The number of likely N-dealkylation sites (tertiary alicyclic amines) is 2. The molecule has 0 N–H and O–H groups in total. The third-order valence-electron chi connectivity index (χ3n) is 6.07. The zero-order chi connectivity index (χ0) is 18.6. The van der Waals surface area contributed by atoms with Crippen LogP contribution in [0.4, 0.5) is 4.79 Å². The molecular formula is C20H30N4O2S. The summed E-state index contributed by atoms with van der Waals surface area (Å²) in [5, 5.41) is 2.09. The molecule has 1 aromatic rings. The van der Waals surface area contributed by atoms with Crippen LogP contribution in [0.3, 0.4) is 0 Å². The van der Waals surface area contributed by atoms with Crippen LogP contribution in [0.2, 0.25) is 0 Å². The van der Waals surface area contributed by atoms with Gasteiger partial charge >= 0.3 is 6.03 Å². The van der Waals surface area contributed by atoms with Gasteiger partial charge in [-0.25, -0.2) is 4.79 Å². The van der Waals surface area contributed by atoms with Crippen LogP contribution in [-0.2, 0) is 4.79 Å². The molecule has 0 saturated carbocycles. The van der Waals surface area contributed by atoms with Crippen LogP contribution < -0.4 is 0 Å². The van der Waals surface area contributed by atoms with E-state index in [9.17, 15) is 9.59 Å². The Kier molecular flexibility index (Phi) is 5.98. The molecule has 1 aromatic heterocycles. The van der Waals surface area contributed by atoms with Gasteiger partial charge in [-0.3, -0.25) is 9.69 Å². The van der Waals surface area contributed by atoms with Crippen LogP contribution in [0, 0.1) is 0 Å². The van der Waals surface area contributed by atoms with Gasteiger partial charge in [0, 0.05) is 50.7 Å². The average molecular weight is 391 g/mol. The second-order valence-electron chi connectivity index (χ2n) is 7.85. The number of piperazine rings is 1. The standard InChI is InChI=1S/C20H30N4O2S/c25-19(24-10-4-6-17(24)18-7-5-15-27-18)16-21-11-13-23(14-12-21)20(26)22-8-2-1-3-9-22/h5,7,15,17H,1-4,6,8-14,16H2/t17-/m0/s1. The monoisotopic (exact) mass is 390 g/mol. The predicted molar refractivity (Wildman–Crippen MR) is 107 cm³/mol. The van der Waals surface area contributed by atoms with Crippen molar-refractivity contribution >= 4 is 23.3 Å². The fourth-order valence-corrected chi connectivity index (χ4v) is 5.38. The molecule has 6 nitrogen and oxygen atoms in total. The maximum atomic E-state index is 12.9. The van der Waals surface area contributed by atoms with Crippen molar-refractivity contribution < 1.29 is 9.59 Å². The van der Waals surface area contributed by atoms with E-state index in [0.29, 0.717) is 6.54 Å². The largest absolute Gasteiger partial charge is 0.334 e. The lowest BCUT2D eigenvalue weighted by atomic mass is 10.1. The van der Waals surface area contributed by atoms with Crippen LogP contribution >= 0.6 is 11.3 Å². The van der Waals surface area contributed by atoms with E-state index in [1.165, 1.54) is 11.3 Å². The van der Waals surface area contributed by atoms with Crippen LogP contribution in [0.15, 0.2) is 17.5 Å². The molecule has 0 aliphatic carbocycles. The van der Waals surface area contributed by atoms with Crippen molar-refractivity contribution in [3.8, 4) is 0 Å². The number of hydrogen-bond acceptors (Lipinski definition) is 4. The van der Waals surface area contributed by atoms with Gasteiger partial charge < -0.3 is 14.7 Å². The Hall–Kier alpha value is -1.60. The quantitative estimate of drug-likeness (QED) is 0.797. The van der Waals surface area contributed by atoms with E-state index in [2.05, 4.69) is 27.3 Å². The zero-order valence-corrected chi connectivity index (χ0v) is 16.8. The first-order chi connectivity index (χ1) is 13.2. The number of nitrogens with zero attached hydrogens (tertiary/aromatic N) is 4. The summed E-state index contributed by atoms with van der Waals surface area (Å²) in [7, 11) is 0. The number of urea groups is 1. The second kappa shape index (κ2) is 8.61. The topological polar surface area (TPSA) is 47.1 Å². The van der Waals surface area contributed by atoms with Gasteiger partial charge in [0.25, 0.3) is 0 Å². The van der Waals surface area contributed by atoms with E-state index >= 15 is 0 Å². The Morgan fingerprint density at radius 3 is 2.37 bits per heavy atom. The smallest absolute Gasteiger partial charge is 0.320 e. The molecule has 3 aliphatic rings. The van der Waals surface area contributed by atoms with Crippen LogP contribution in [0.5, 0.6) is 0 Å². The second-order valence-corrected chi connectivity index (χ2v) is 8.83. The fourth-order valence-electron chi connectivity index (χ4n) is 4.51. The first-order valence-electron chi connectivity index (χ1n) is 10.3. The lowest BCUT2D eigenvalue weighted by Gasteiger charge is -2.39. The van der Waals surface area contributed by atoms with Crippen molar-refractivity contribution in [2.75, 3.05) is 52.4 Å². The van der Waals surface area contributed by atoms with E-state index in [4.69, 9.17) is 0 Å². The van der Waals surface area contributed by atoms with Gasteiger partial charge in [-0.15, -0.1) is 11.3 Å². The summed E-state index contributed by atoms with van der Waals surface area (Å²) in [4.78, 5) is 35.1. The Balaban J connectivity index is 1.26. The average Bonchev–Trinajstić information content (AvgIpc) is 3.40. The van der Waals surface area contributed by atoms with E-state index < -0.39 is 0 Å². The van der Waals surface area contributed by atoms with Crippen molar-refractivity contribution in [3.05, 3.63) is 22.4 Å². The lowest BCUT2D eigenvalue weighted by Crippen LogP contribution is -2.55. The van der Waals surface area contributed by atoms with Crippen LogP contribution in [0.1, 0.15) is 43.0 Å². The molecule has 0 unspecified atom stereocenters. The van der Waals surface area contributed by atoms with Gasteiger partial charge in [0.15, 0.2) is 0 Å². The molecule has 148 valence electrons. The molecule has 3 aliphatic heterocycles. The summed E-state index contributed by atoms with van der Waals surface area (Å²) < 4.78 is 0. The first kappa shape index (κ1) is 18.7. The van der Waals surface area contributed by atoms with E-state index in [1.54, 1.807) is 11.3 Å². The van der Waals surface area contributed by atoms with E-state index in [0.717, 1.165) is 71.5 Å². The molecule has 0 bridgehead atoms. The number of carbonyl (C=O) groups excluding carboxylic acids is 2. The van der Waals surface area contributed by atoms with E-state index in [-0.39, 0.29) is 18.0 Å². The Labute approximate surface area is 165 Å². The van der Waals surface area contributed by atoms with Gasteiger partial charge in [0.2, 0.25) is 5.91 Å². The number of thiophene rings is 1. The van der Waals surface area contributed by atoms with Crippen molar-refractivity contribution in [1.29, 1.82) is 0 Å². The summed E-state index contributed by atoms with van der Waals surface area (Å²) in [6.07, 6.45) is 5.66. The first-order valence-corrected chi connectivity index (χ1v) is 11.2. The molecule has 3 amide bonds. The number of carbonyl (C=O) groups is 2. The molecule has 4 rings (SSSR count). The molecule has 4 heterocycles. The molecule has 3 fully saturated rings. The molecule has 7 heteroatoms. The minimum atomic E-state index is 0.193. The number of amides is 3. The Morgan fingerprint density at radius 2 is 1.67 bits per heavy atom. The summed E-state index contributed by atoms with van der Waals surface area (Å²) in [5.74, 6) is 0.238. The molecular weight excluding hydrogens is 360 g/mol. The minimum Gasteiger partial charge on any atom is -0.334 e. The Morgan fingerprint density at radius 1 is 0.926 bits per heavy atom. The minimum absolute atomic E-state index is 0.193. The van der Waals surface area contributed by atoms with Gasteiger partial charge in [-0.05, 0) is 43.6 Å². The lowest BCUT2D eigenvalue weighted by molar-refractivity contribution is -0.133. The zero-order valence-electron chi connectivity index (χ0n) is 16.0. The van der Waals surface area contributed by atoms with E-state index in [1.807, 2.05) is 9.80 Å². The predicted octanol–water partition coefficient (Wildman–Crippen LogP) is 2.64. The van der Waals surface area contributed by atoms with Gasteiger partial charge in [0.1, 0.15) is 0 Å². The molecule has 1 atom stereocenters. The van der Waals surface area contributed by atoms with Gasteiger partial charge in [0.05, 0.1) is 12.6 Å². The van der Waals surface area contributed by atoms with Gasteiger partial charge in [-0.1, -0.05) is 6.07 Å². The highest BCUT2D eigenvalue weighted by molar-refractivity contribution is 7.10. The highest BCUT2D eigenvalue weighted by Crippen LogP contribution is 2.34. The summed E-state index contributed by atoms with van der Waals surface area (Å²) in [6.45, 7) is 6.20. The number of hydrogen-bond donors (Lipinski definition) is 0. The van der Waals surface area contributed by atoms with Gasteiger partial charge in [-0.2, -0.15) is 0 Å². The van der Waals surface area contributed by atoms with Crippen LogP contribution in [-0.4, -0.2) is 83.9 Å². The normalized spacial score (nSPS) is 24.4. The van der Waals surface area contributed by atoms with Crippen molar-refractivity contribution in [2.45, 2.75) is 38.1 Å². The summed E-state index contributed by atoms with van der Waals surface area (Å²) in [6, 6.07) is 4.67. The maximum absolute atomic E-state index is 12.9.